The van der Waals surface area contributed by atoms with Gasteiger partial charge in [0.1, 0.15) is 5.60 Å². The van der Waals surface area contributed by atoms with Crippen molar-refractivity contribution >= 4 is 17.5 Å². The zero-order valence-corrected chi connectivity index (χ0v) is 16.0. The molecule has 26 heavy (non-hydrogen) atoms. The highest BCUT2D eigenvalue weighted by molar-refractivity contribution is 5.82. The molecule has 2 atom stereocenters. The predicted octanol–water partition coefficient (Wildman–Crippen LogP) is 2.92. The Kier molecular flexibility index (Phi) is 3.80. The molecule has 0 saturated carbocycles. The first-order valence-corrected chi connectivity index (χ1v) is 9.32. The van der Waals surface area contributed by atoms with Crippen LogP contribution in [0.25, 0.3) is 0 Å². The molecule has 0 radical (unpaired) electrons. The average Bonchev–Trinajstić information content (AvgIpc) is 2.90. The Morgan fingerprint density at radius 2 is 2.04 bits per heavy atom. The lowest BCUT2D eigenvalue weighted by Gasteiger charge is -2.41. The van der Waals surface area contributed by atoms with Crippen molar-refractivity contribution in [1.82, 2.24) is 4.90 Å². The van der Waals surface area contributed by atoms with Gasteiger partial charge in [0.15, 0.2) is 0 Å². The smallest absolute Gasteiger partial charge is 0.410 e. The Morgan fingerprint density at radius 3 is 2.73 bits per heavy atom. The number of ether oxygens (including phenoxy) is 1. The van der Waals surface area contributed by atoms with E-state index in [1.165, 1.54) is 11.3 Å². The first kappa shape index (κ1) is 17.0. The third-order valence-electron chi connectivity index (χ3n) is 5.65. The highest BCUT2D eigenvalue weighted by Gasteiger charge is 2.46. The molecule has 0 N–H and O–H groups in total. The number of amides is 1. The molecule has 0 aromatic heterocycles. The Balaban J connectivity index is 1.67. The molecule has 0 bridgehead atoms. The van der Waals surface area contributed by atoms with Gasteiger partial charge in [0, 0.05) is 45.2 Å². The molecular formula is C20H26N4O2. The van der Waals surface area contributed by atoms with E-state index >= 15 is 0 Å². The number of carbonyl (C=O) groups excluding carboxylic acids is 1. The molecule has 1 fully saturated rings. The van der Waals surface area contributed by atoms with Crippen molar-refractivity contribution in [3.63, 3.8) is 0 Å². The summed E-state index contributed by atoms with van der Waals surface area (Å²) in [5, 5.41) is 9.46. The topological polar surface area (TPSA) is 59.8 Å². The highest BCUT2D eigenvalue weighted by atomic mass is 16.6. The van der Waals surface area contributed by atoms with Crippen LogP contribution >= 0.6 is 0 Å². The van der Waals surface area contributed by atoms with E-state index in [-0.39, 0.29) is 12.0 Å². The van der Waals surface area contributed by atoms with Gasteiger partial charge in [-0.05, 0) is 44.9 Å². The molecule has 138 valence electrons. The maximum atomic E-state index is 12.5. The van der Waals surface area contributed by atoms with Crippen molar-refractivity contribution in [2.24, 2.45) is 0 Å². The lowest BCUT2D eigenvalue weighted by molar-refractivity contribution is 0.0189. The van der Waals surface area contributed by atoms with Crippen molar-refractivity contribution < 1.29 is 9.53 Å². The fourth-order valence-corrected chi connectivity index (χ4v) is 4.52. The molecule has 0 aliphatic carbocycles. The van der Waals surface area contributed by atoms with Crippen LogP contribution in [-0.4, -0.2) is 55.9 Å². The molecule has 3 aliphatic heterocycles. The van der Waals surface area contributed by atoms with E-state index in [4.69, 9.17) is 4.74 Å². The Labute approximate surface area is 154 Å². The zero-order valence-electron chi connectivity index (χ0n) is 16.0. The van der Waals surface area contributed by atoms with E-state index < -0.39 is 5.60 Å². The summed E-state index contributed by atoms with van der Waals surface area (Å²) in [6, 6.07) is 6.72. The van der Waals surface area contributed by atoms with Crippen molar-refractivity contribution in [1.29, 1.82) is 5.26 Å². The van der Waals surface area contributed by atoms with Crippen LogP contribution in [0.15, 0.2) is 12.1 Å². The average molecular weight is 354 g/mol. The maximum absolute atomic E-state index is 12.5. The van der Waals surface area contributed by atoms with E-state index in [1.807, 2.05) is 37.8 Å². The first-order chi connectivity index (χ1) is 12.3. The van der Waals surface area contributed by atoms with Gasteiger partial charge in [-0.2, -0.15) is 5.26 Å². The van der Waals surface area contributed by atoms with Crippen LogP contribution < -0.4 is 9.80 Å². The number of fused-ring (bicyclic) bond motifs is 3. The molecule has 1 saturated heterocycles. The van der Waals surface area contributed by atoms with Crippen LogP contribution in [0.5, 0.6) is 0 Å². The molecule has 4 rings (SSSR count). The van der Waals surface area contributed by atoms with E-state index in [0.29, 0.717) is 18.2 Å². The minimum Gasteiger partial charge on any atom is -0.444 e. The second kappa shape index (κ2) is 5.80. The number of nitrogens with zero attached hydrogens (tertiary/aromatic N) is 4. The van der Waals surface area contributed by atoms with Gasteiger partial charge in [-0.25, -0.2) is 4.79 Å². The molecule has 6 heteroatoms. The van der Waals surface area contributed by atoms with Gasteiger partial charge in [-0.1, -0.05) is 0 Å². The summed E-state index contributed by atoms with van der Waals surface area (Å²) in [6.45, 7) is 9.02. The van der Waals surface area contributed by atoms with Gasteiger partial charge in [0.05, 0.1) is 23.0 Å². The number of rotatable bonds is 0. The van der Waals surface area contributed by atoms with Gasteiger partial charge in [-0.15, -0.1) is 0 Å². The number of benzene rings is 1. The summed E-state index contributed by atoms with van der Waals surface area (Å²) < 4.78 is 5.58. The molecule has 1 amide bonds. The minimum absolute atomic E-state index is 0.236. The SMILES string of the molecule is CN1CCN2c3c(cc(C#N)cc31)C1CN(C(=O)OC(C)(C)C)CCC12. The first-order valence-electron chi connectivity index (χ1n) is 9.32. The monoisotopic (exact) mass is 354 g/mol. The van der Waals surface area contributed by atoms with Gasteiger partial charge in [0.2, 0.25) is 0 Å². The molecule has 1 aromatic rings. The second-order valence-corrected chi connectivity index (χ2v) is 8.55. The molecule has 0 spiro atoms. The van der Waals surface area contributed by atoms with E-state index in [1.54, 1.807) is 0 Å². The number of hydrogen-bond donors (Lipinski definition) is 0. The summed E-state index contributed by atoms with van der Waals surface area (Å²) in [5.41, 5.74) is 3.83. The van der Waals surface area contributed by atoms with Crippen LogP contribution in [0.4, 0.5) is 16.2 Å². The second-order valence-electron chi connectivity index (χ2n) is 8.55. The van der Waals surface area contributed by atoms with Crippen LogP contribution in [0.2, 0.25) is 0 Å². The number of nitriles is 1. The number of carbonyl (C=O) groups is 1. The van der Waals surface area contributed by atoms with E-state index in [9.17, 15) is 10.1 Å². The molecule has 1 aromatic carbocycles. The minimum atomic E-state index is -0.486. The standard InChI is InChI=1S/C20H26N4O2/c1-20(2,3)26-19(25)23-6-5-16-15(12-23)14-9-13(11-21)10-17-18(14)24(16)8-7-22(17)4/h9-10,15-16H,5-8,12H2,1-4H3. The van der Waals surface area contributed by atoms with Crippen LogP contribution in [-0.2, 0) is 4.74 Å². The lowest BCUT2D eigenvalue weighted by atomic mass is 9.88. The van der Waals surface area contributed by atoms with Gasteiger partial charge in [-0.3, -0.25) is 0 Å². The predicted molar refractivity (Wildman–Crippen MR) is 101 cm³/mol. The maximum Gasteiger partial charge on any atom is 0.410 e. The van der Waals surface area contributed by atoms with Crippen molar-refractivity contribution in [3.05, 3.63) is 23.3 Å². The molecule has 3 heterocycles. The summed E-state index contributed by atoms with van der Waals surface area (Å²) in [6.07, 6.45) is 0.698. The zero-order chi connectivity index (χ0) is 18.6. The van der Waals surface area contributed by atoms with Gasteiger partial charge >= 0.3 is 6.09 Å². The fourth-order valence-electron chi connectivity index (χ4n) is 4.52. The summed E-state index contributed by atoms with van der Waals surface area (Å²) >= 11 is 0. The van der Waals surface area contributed by atoms with Gasteiger partial charge in [0.25, 0.3) is 0 Å². The largest absolute Gasteiger partial charge is 0.444 e. The number of likely N-dealkylation sites (tertiary alicyclic amines) is 1. The summed E-state index contributed by atoms with van der Waals surface area (Å²) in [7, 11) is 2.09. The Morgan fingerprint density at radius 1 is 1.27 bits per heavy atom. The number of hydrogen-bond acceptors (Lipinski definition) is 5. The number of piperidine rings is 1. The van der Waals surface area contributed by atoms with E-state index in [0.717, 1.165) is 31.7 Å². The van der Waals surface area contributed by atoms with E-state index in [2.05, 4.69) is 22.9 Å². The molecule has 6 nitrogen and oxygen atoms in total. The molecular weight excluding hydrogens is 328 g/mol. The normalized spacial score (nSPS) is 24.0. The quantitative estimate of drug-likeness (QED) is 0.717. The fraction of sp³-hybridized carbons (Fsp3) is 0.600. The Hall–Kier alpha value is -2.42. The number of anilines is 2. The third-order valence-corrected chi connectivity index (χ3v) is 5.65. The third kappa shape index (κ3) is 2.66. The summed E-state index contributed by atoms with van der Waals surface area (Å²) in [5.74, 6) is 0.241. The molecule has 2 unspecified atom stereocenters. The van der Waals surface area contributed by atoms with Crippen LogP contribution in [0, 0.1) is 11.3 Å². The van der Waals surface area contributed by atoms with Crippen molar-refractivity contribution in [2.75, 3.05) is 43.0 Å². The summed E-state index contributed by atoms with van der Waals surface area (Å²) in [4.78, 5) is 19.1. The Bertz CT molecular complexity index is 792. The van der Waals surface area contributed by atoms with Crippen molar-refractivity contribution in [2.45, 2.75) is 44.8 Å². The molecule has 3 aliphatic rings. The number of likely N-dealkylation sites (N-methyl/N-ethyl adjacent to an activating group) is 1. The lowest BCUT2D eigenvalue weighted by Crippen LogP contribution is -2.51. The van der Waals surface area contributed by atoms with Crippen LogP contribution in [0.3, 0.4) is 0 Å². The van der Waals surface area contributed by atoms with Gasteiger partial charge < -0.3 is 19.4 Å². The highest BCUT2D eigenvalue weighted by Crippen LogP contribution is 2.51. The van der Waals surface area contributed by atoms with Crippen molar-refractivity contribution in [3.8, 4) is 6.07 Å². The van der Waals surface area contributed by atoms with Crippen LogP contribution in [0.1, 0.15) is 44.2 Å².